The van der Waals surface area contributed by atoms with Gasteiger partial charge in [-0.3, -0.25) is 14.6 Å². The number of likely N-dealkylation sites (tertiary alicyclic amines) is 1. The van der Waals surface area contributed by atoms with Crippen LogP contribution in [0.25, 0.3) is 10.9 Å². The highest BCUT2D eigenvalue weighted by atomic mass is 32.1. The number of aromatic amines is 1. The molecule has 1 saturated heterocycles. The minimum absolute atomic E-state index is 0.255. The summed E-state index contributed by atoms with van der Waals surface area (Å²) in [4.78, 5) is 45.3. The number of rotatable bonds is 7. The number of hydrogen-bond donors (Lipinski definition) is 2. The number of carbonyl (C=O) groups is 2. The fourth-order valence-electron chi connectivity index (χ4n) is 4.96. The zero-order valence-corrected chi connectivity index (χ0v) is 22.8. The number of nitrogens with one attached hydrogen (secondary N) is 2. The molecule has 2 atom stereocenters. The number of nitrogens with zero attached hydrogens (tertiary/aromatic N) is 4. The Hall–Kier alpha value is -4.25. The zero-order chi connectivity index (χ0) is 27.5. The Balaban J connectivity index is 1.29. The molecule has 2 aromatic carbocycles. The molecule has 0 spiro atoms. The second kappa shape index (κ2) is 11.2. The second-order valence-electron chi connectivity index (χ2n) is 9.58. The van der Waals surface area contributed by atoms with Crippen LogP contribution in [-0.4, -0.2) is 64.9 Å². The summed E-state index contributed by atoms with van der Waals surface area (Å²) in [5.41, 5.74) is 4.60. The lowest BCUT2D eigenvalue weighted by Gasteiger charge is -2.21. The van der Waals surface area contributed by atoms with Crippen LogP contribution in [0.15, 0.2) is 59.4 Å². The molecule has 202 valence electrons. The van der Waals surface area contributed by atoms with Crippen LogP contribution >= 0.6 is 11.3 Å². The number of amides is 2. The molecular weight excluding hydrogens is 516 g/mol. The third kappa shape index (κ3) is 5.78. The fraction of sp³-hybridized carbons (Fsp3) is 0.321. The van der Waals surface area contributed by atoms with Gasteiger partial charge in [-0.2, -0.15) is 5.10 Å². The lowest BCUT2D eigenvalue weighted by molar-refractivity contribution is 0.0928. The molecule has 1 fully saturated rings. The Bertz CT molecular complexity index is 1550. The average molecular weight is 547 g/mol. The van der Waals surface area contributed by atoms with Crippen molar-refractivity contribution in [1.29, 1.82) is 0 Å². The van der Waals surface area contributed by atoms with E-state index < -0.39 is 12.1 Å². The van der Waals surface area contributed by atoms with Gasteiger partial charge in [0.2, 0.25) is 0 Å². The van der Waals surface area contributed by atoms with E-state index in [9.17, 15) is 14.4 Å². The third-order valence-electron chi connectivity index (χ3n) is 6.84. The van der Waals surface area contributed by atoms with E-state index in [2.05, 4.69) is 37.5 Å². The predicted molar refractivity (Wildman–Crippen MR) is 150 cm³/mol. The van der Waals surface area contributed by atoms with Gasteiger partial charge in [-0.1, -0.05) is 29.5 Å². The van der Waals surface area contributed by atoms with Crippen LogP contribution in [0, 0.1) is 6.92 Å². The molecule has 5 rings (SSSR count). The summed E-state index contributed by atoms with van der Waals surface area (Å²) >= 11 is 0.984. The molecule has 0 saturated carbocycles. The van der Waals surface area contributed by atoms with Gasteiger partial charge in [0.15, 0.2) is 0 Å². The van der Waals surface area contributed by atoms with Crippen molar-refractivity contribution >= 4 is 39.9 Å². The Morgan fingerprint density at radius 1 is 1.18 bits per heavy atom. The molecule has 10 nitrogen and oxygen atoms in total. The van der Waals surface area contributed by atoms with Crippen LogP contribution in [0.3, 0.4) is 0 Å². The summed E-state index contributed by atoms with van der Waals surface area (Å²) in [5, 5.41) is 11.2. The van der Waals surface area contributed by atoms with Crippen molar-refractivity contribution in [1.82, 2.24) is 25.4 Å². The first-order chi connectivity index (χ1) is 18.8. The largest absolute Gasteiger partial charge is 0.450 e. The molecule has 2 aromatic heterocycles. The second-order valence-corrected chi connectivity index (χ2v) is 10.6. The number of aromatic nitrogens is 3. The van der Waals surface area contributed by atoms with Gasteiger partial charge in [0, 0.05) is 49.0 Å². The van der Waals surface area contributed by atoms with Crippen molar-refractivity contribution in [2.24, 2.45) is 0 Å². The topological polar surface area (TPSA) is 121 Å². The highest BCUT2D eigenvalue weighted by Crippen LogP contribution is 2.29. The maximum absolute atomic E-state index is 13.2. The van der Waals surface area contributed by atoms with Crippen LogP contribution < -0.4 is 15.1 Å². The monoisotopic (exact) mass is 546 g/mol. The highest BCUT2D eigenvalue weighted by molar-refractivity contribution is 7.08. The number of aryl methyl sites for hydroxylation is 1. The molecule has 1 aliphatic heterocycles. The first kappa shape index (κ1) is 26.4. The number of hydrogen-bond acceptors (Lipinski definition) is 8. The summed E-state index contributed by atoms with van der Waals surface area (Å²) in [5.74, 6) is -0.574. The van der Waals surface area contributed by atoms with E-state index in [0.717, 1.165) is 33.6 Å². The third-order valence-corrected chi connectivity index (χ3v) is 7.72. The standard InChI is InChI=1S/C28H30N6O4S/c1-4-38-28(37)34-15-22(26-31-32-27(36)39-26)24(16-34)30-25(35)18-9-11-20(12-10-18)33(3)14-19-13-17(2)29-23-8-6-5-7-21(19)23/h5-13,22,24H,4,14-16H2,1-3H3,(H,30,35)(H,32,36)/t22-,24+/m0/s1. The van der Waals surface area contributed by atoms with Crippen molar-refractivity contribution in [3.63, 3.8) is 0 Å². The number of anilines is 1. The molecule has 39 heavy (non-hydrogen) atoms. The van der Waals surface area contributed by atoms with Crippen LogP contribution in [-0.2, 0) is 11.3 Å². The van der Waals surface area contributed by atoms with Gasteiger partial charge in [-0.25, -0.2) is 9.89 Å². The van der Waals surface area contributed by atoms with Crippen LogP contribution in [0.2, 0.25) is 0 Å². The quantitative estimate of drug-likeness (QED) is 0.363. The molecule has 2 amide bonds. The van der Waals surface area contributed by atoms with E-state index >= 15 is 0 Å². The molecule has 0 unspecified atom stereocenters. The number of carbonyl (C=O) groups excluding carboxylic acids is 2. The van der Waals surface area contributed by atoms with E-state index in [1.54, 1.807) is 19.1 Å². The molecule has 4 aromatic rings. The van der Waals surface area contributed by atoms with Gasteiger partial charge in [0.1, 0.15) is 5.01 Å². The van der Waals surface area contributed by atoms with Gasteiger partial charge in [0.25, 0.3) is 5.91 Å². The van der Waals surface area contributed by atoms with Crippen molar-refractivity contribution in [3.05, 3.63) is 86.1 Å². The number of H-pyrrole nitrogens is 1. The lowest BCUT2D eigenvalue weighted by Crippen LogP contribution is -2.40. The first-order valence-electron chi connectivity index (χ1n) is 12.8. The molecule has 0 radical (unpaired) electrons. The van der Waals surface area contributed by atoms with Crippen molar-refractivity contribution in [2.75, 3.05) is 31.6 Å². The Morgan fingerprint density at radius 2 is 1.95 bits per heavy atom. The van der Waals surface area contributed by atoms with Gasteiger partial charge < -0.3 is 19.9 Å². The van der Waals surface area contributed by atoms with Gasteiger partial charge in [0.05, 0.1) is 24.1 Å². The number of benzene rings is 2. The molecule has 2 N–H and O–H groups in total. The number of ether oxygens (including phenoxy) is 1. The van der Waals surface area contributed by atoms with Crippen molar-refractivity contribution in [2.45, 2.75) is 32.4 Å². The minimum atomic E-state index is -0.452. The minimum Gasteiger partial charge on any atom is -0.450 e. The van der Waals surface area contributed by atoms with Gasteiger partial charge in [-0.05, 0) is 55.8 Å². The van der Waals surface area contributed by atoms with Crippen molar-refractivity contribution in [3.8, 4) is 0 Å². The molecule has 11 heteroatoms. The van der Waals surface area contributed by atoms with Crippen LogP contribution in [0.5, 0.6) is 0 Å². The van der Waals surface area contributed by atoms with Gasteiger partial charge >= 0.3 is 11.0 Å². The van der Waals surface area contributed by atoms with E-state index in [-0.39, 0.29) is 29.8 Å². The summed E-state index contributed by atoms with van der Waals surface area (Å²) in [6.45, 7) is 5.25. The summed E-state index contributed by atoms with van der Waals surface area (Å²) in [7, 11) is 2.02. The predicted octanol–water partition coefficient (Wildman–Crippen LogP) is 3.68. The van der Waals surface area contributed by atoms with E-state index in [0.29, 0.717) is 23.7 Å². The maximum atomic E-state index is 13.2. The highest BCUT2D eigenvalue weighted by Gasteiger charge is 2.39. The number of para-hydroxylation sites is 1. The summed E-state index contributed by atoms with van der Waals surface area (Å²) < 4.78 is 5.14. The Kier molecular flexibility index (Phi) is 7.60. The molecule has 0 bridgehead atoms. The Labute approximate surface area is 229 Å². The molecule has 0 aliphatic carbocycles. The summed E-state index contributed by atoms with van der Waals surface area (Å²) in [6, 6.07) is 17.2. The van der Waals surface area contributed by atoms with E-state index in [1.165, 1.54) is 10.5 Å². The normalized spacial score (nSPS) is 16.8. The van der Waals surface area contributed by atoms with Crippen LogP contribution in [0.4, 0.5) is 10.5 Å². The molecule has 3 heterocycles. The van der Waals surface area contributed by atoms with Crippen LogP contribution in [0.1, 0.15) is 39.5 Å². The van der Waals surface area contributed by atoms with Crippen molar-refractivity contribution < 1.29 is 14.3 Å². The molecule has 1 aliphatic rings. The average Bonchev–Trinajstić information content (AvgIpc) is 3.55. The van der Waals surface area contributed by atoms with E-state index in [4.69, 9.17) is 4.74 Å². The fourth-order valence-corrected chi connectivity index (χ4v) is 5.72. The first-order valence-corrected chi connectivity index (χ1v) is 13.6. The SMILES string of the molecule is CCOC(=O)N1C[C@H](c2n[nH]c(=O)s2)[C@H](NC(=O)c2ccc(N(C)Cc3cc(C)nc4ccccc34)cc2)C1. The van der Waals surface area contributed by atoms with E-state index in [1.807, 2.05) is 44.3 Å². The lowest BCUT2D eigenvalue weighted by atomic mass is 10.0. The summed E-state index contributed by atoms with van der Waals surface area (Å²) in [6.07, 6.45) is -0.452. The zero-order valence-electron chi connectivity index (χ0n) is 22.0. The molecular formula is C28H30N6O4S. The number of pyridine rings is 1. The maximum Gasteiger partial charge on any atom is 0.409 e. The Morgan fingerprint density at radius 3 is 2.67 bits per heavy atom. The smallest absolute Gasteiger partial charge is 0.409 e. The van der Waals surface area contributed by atoms with Gasteiger partial charge in [-0.15, -0.1) is 0 Å². The number of fused-ring (bicyclic) bond motifs is 1.